The van der Waals surface area contributed by atoms with E-state index in [1.807, 2.05) is 35.2 Å². The van der Waals surface area contributed by atoms with Gasteiger partial charge in [-0.1, -0.05) is 42.5 Å². The zero-order valence-corrected chi connectivity index (χ0v) is 13.9. The zero-order valence-electron chi connectivity index (χ0n) is 13.9. The zero-order chi connectivity index (χ0) is 16.8. The maximum atomic E-state index is 12.3. The third-order valence-electron chi connectivity index (χ3n) is 4.65. The highest BCUT2D eigenvalue weighted by molar-refractivity contribution is 5.91. The summed E-state index contributed by atoms with van der Waals surface area (Å²) in [4.78, 5) is 14.3. The number of anilines is 1. The Hall–Kier alpha value is -2.55. The van der Waals surface area contributed by atoms with E-state index < -0.39 is 0 Å². The molecule has 2 N–H and O–H groups in total. The predicted molar refractivity (Wildman–Crippen MR) is 99.3 cm³/mol. The minimum absolute atomic E-state index is 0.102. The number of hydrogen-bond acceptors (Lipinski definition) is 2. The van der Waals surface area contributed by atoms with E-state index in [1.54, 1.807) is 6.08 Å². The maximum absolute atomic E-state index is 12.3. The molecule has 3 heteroatoms. The average molecular weight is 320 g/mol. The fourth-order valence-electron chi connectivity index (χ4n) is 3.18. The summed E-state index contributed by atoms with van der Waals surface area (Å²) in [6, 6.07) is 18.2. The average Bonchev–Trinajstić information content (AvgIpc) is 2.62. The molecule has 1 amide bonds. The number of rotatable bonds is 4. The first-order valence-corrected chi connectivity index (χ1v) is 8.57. The van der Waals surface area contributed by atoms with E-state index in [0.29, 0.717) is 5.92 Å². The van der Waals surface area contributed by atoms with Gasteiger partial charge in [-0.05, 0) is 54.5 Å². The smallest absolute Gasteiger partial charge is 0.246 e. The molecule has 1 fully saturated rings. The van der Waals surface area contributed by atoms with Crippen molar-refractivity contribution in [2.75, 3.05) is 18.8 Å². The molecule has 0 aromatic heterocycles. The van der Waals surface area contributed by atoms with Crippen molar-refractivity contribution in [3.8, 4) is 0 Å². The lowest BCUT2D eigenvalue weighted by molar-refractivity contribution is -0.127. The number of carbonyl (C=O) groups is 1. The van der Waals surface area contributed by atoms with Crippen molar-refractivity contribution >= 4 is 17.7 Å². The topological polar surface area (TPSA) is 46.3 Å². The highest BCUT2D eigenvalue weighted by Crippen LogP contribution is 2.22. The Morgan fingerprint density at radius 2 is 1.71 bits per heavy atom. The Bertz CT molecular complexity index is 684. The van der Waals surface area contributed by atoms with Gasteiger partial charge < -0.3 is 10.6 Å². The van der Waals surface area contributed by atoms with Crippen LogP contribution in [0.4, 0.5) is 5.69 Å². The molecule has 0 aliphatic carbocycles. The summed E-state index contributed by atoms with van der Waals surface area (Å²) in [5, 5.41) is 0. The van der Waals surface area contributed by atoms with Gasteiger partial charge in [0.2, 0.25) is 5.91 Å². The molecule has 0 unspecified atom stereocenters. The first-order chi connectivity index (χ1) is 11.7. The molecule has 124 valence electrons. The van der Waals surface area contributed by atoms with Gasteiger partial charge in [0.15, 0.2) is 0 Å². The molecule has 2 aromatic rings. The number of nitrogens with two attached hydrogens (primary N) is 1. The molecule has 2 aromatic carbocycles. The van der Waals surface area contributed by atoms with Crippen molar-refractivity contribution in [3.63, 3.8) is 0 Å². The van der Waals surface area contributed by atoms with Gasteiger partial charge in [-0.3, -0.25) is 4.79 Å². The number of carbonyl (C=O) groups excluding carboxylic acids is 1. The number of piperidine rings is 1. The van der Waals surface area contributed by atoms with Gasteiger partial charge in [0.05, 0.1) is 0 Å². The standard InChI is InChI=1S/C21H24N2O/c22-20-9-6-17(7-10-20)8-11-21(24)23-14-12-19(13-15-23)16-18-4-2-1-3-5-18/h1-11,19H,12-16,22H2/b11-8+. The van der Waals surface area contributed by atoms with Crippen LogP contribution in [0.25, 0.3) is 6.08 Å². The van der Waals surface area contributed by atoms with E-state index in [1.165, 1.54) is 5.56 Å². The van der Waals surface area contributed by atoms with Crippen LogP contribution in [0.2, 0.25) is 0 Å². The molecule has 0 radical (unpaired) electrons. The number of hydrogen-bond donors (Lipinski definition) is 1. The molecule has 0 bridgehead atoms. The van der Waals surface area contributed by atoms with Crippen LogP contribution in [0.15, 0.2) is 60.7 Å². The molecule has 3 nitrogen and oxygen atoms in total. The molecule has 0 atom stereocenters. The van der Waals surface area contributed by atoms with Gasteiger partial charge in [-0.25, -0.2) is 0 Å². The Morgan fingerprint density at radius 1 is 1.04 bits per heavy atom. The van der Waals surface area contributed by atoms with Gasteiger partial charge >= 0.3 is 0 Å². The van der Waals surface area contributed by atoms with Gasteiger partial charge in [-0.2, -0.15) is 0 Å². The van der Waals surface area contributed by atoms with Gasteiger partial charge in [0.25, 0.3) is 0 Å². The summed E-state index contributed by atoms with van der Waals surface area (Å²) < 4.78 is 0. The van der Waals surface area contributed by atoms with Gasteiger partial charge in [0, 0.05) is 24.9 Å². The molecule has 1 aliphatic heterocycles. The third kappa shape index (κ3) is 4.48. The van der Waals surface area contributed by atoms with E-state index >= 15 is 0 Å². The Morgan fingerprint density at radius 3 is 2.38 bits per heavy atom. The van der Waals surface area contributed by atoms with Crippen molar-refractivity contribution in [3.05, 3.63) is 71.8 Å². The molecule has 1 heterocycles. The highest BCUT2D eigenvalue weighted by atomic mass is 16.2. The number of likely N-dealkylation sites (tertiary alicyclic amines) is 1. The minimum atomic E-state index is 0.102. The molecule has 24 heavy (non-hydrogen) atoms. The molecular formula is C21H24N2O. The van der Waals surface area contributed by atoms with Crippen LogP contribution in [-0.4, -0.2) is 23.9 Å². The summed E-state index contributed by atoms with van der Waals surface area (Å²) in [5.41, 5.74) is 8.79. The molecule has 1 saturated heterocycles. The Balaban J connectivity index is 1.49. The lowest BCUT2D eigenvalue weighted by Crippen LogP contribution is -2.37. The molecule has 0 spiro atoms. The van der Waals surface area contributed by atoms with Crippen molar-refractivity contribution in [2.24, 2.45) is 5.92 Å². The highest BCUT2D eigenvalue weighted by Gasteiger charge is 2.21. The summed E-state index contributed by atoms with van der Waals surface area (Å²) in [6.45, 7) is 1.70. The van der Waals surface area contributed by atoms with Crippen LogP contribution in [-0.2, 0) is 11.2 Å². The van der Waals surface area contributed by atoms with Crippen molar-refractivity contribution in [2.45, 2.75) is 19.3 Å². The van der Waals surface area contributed by atoms with E-state index in [9.17, 15) is 4.79 Å². The van der Waals surface area contributed by atoms with Gasteiger partial charge in [-0.15, -0.1) is 0 Å². The Labute approximate surface area is 143 Å². The summed E-state index contributed by atoms with van der Waals surface area (Å²) >= 11 is 0. The van der Waals surface area contributed by atoms with Crippen LogP contribution in [0, 0.1) is 5.92 Å². The lowest BCUT2D eigenvalue weighted by Gasteiger charge is -2.31. The lowest BCUT2D eigenvalue weighted by atomic mass is 9.90. The van der Waals surface area contributed by atoms with Crippen LogP contribution in [0.5, 0.6) is 0 Å². The largest absolute Gasteiger partial charge is 0.399 e. The third-order valence-corrected chi connectivity index (χ3v) is 4.65. The predicted octanol–water partition coefficient (Wildman–Crippen LogP) is 3.76. The number of amides is 1. The second kappa shape index (κ2) is 7.82. The summed E-state index contributed by atoms with van der Waals surface area (Å²) in [6.07, 6.45) is 6.80. The van der Waals surface area contributed by atoms with Crippen LogP contribution in [0.3, 0.4) is 0 Å². The number of benzene rings is 2. The first kappa shape index (κ1) is 16.3. The first-order valence-electron chi connectivity index (χ1n) is 8.57. The number of nitrogen functional groups attached to an aromatic ring is 1. The fourth-order valence-corrected chi connectivity index (χ4v) is 3.18. The van der Waals surface area contributed by atoms with Gasteiger partial charge in [0.1, 0.15) is 0 Å². The van der Waals surface area contributed by atoms with E-state index in [0.717, 1.165) is 43.6 Å². The fraction of sp³-hybridized carbons (Fsp3) is 0.286. The van der Waals surface area contributed by atoms with Crippen LogP contribution >= 0.6 is 0 Å². The van der Waals surface area contributed by atoms with Crippen molar-refractivity contribution < 1.29 is 4.79 Å². The van der Waals surface area contributed by atoms with Crippen LogP contribution < -0.4 is 5.73 Å². The van der Waals surface area contributed by atoms with E-state index in [2.05, 4.69) is 30.3 Å². The molecule has 3 rings (SSSR count). The minimum Gasteiger partial charge on any atom is -0.399 e. The summed E-state index contributed by atoms with van der Waals surface area (Å²) in [7, 11) is 0. The maximum Gasteiger partial charge on any atom is 0.246 e. The van der Waals surface area contributed by atoms with E-state index in [4.69, 9.17) is 5.73 Å². The molecule has 0 saturated carbocycles. The second-order valence-electron chi connectivity index (χ2n) is 6.46. The summed E-state index contributed by atoms with van der Waals surface area (Å²) in [5.74, 6) is 0.780. The second-order valence-corrected chi connectivity index (χ2v) is 6.46. The quantitative estimate of drug-likeness (QED) is 0.688. The molecule has 1 aliphatic rings. The number of nitrogens with zero attached hydrogens (tertiary/aromatic N) is 1. The van der Waals surface area contributed by atoms with Crippen molar-refractivity contribution in [1.82, 2.24) is 4.90 Å². The molecular weight excluding hydrogens is 296 g/mol. The Kier molecular flexibility index (Phi) is 5.32. The van der Waals surface area contributed by atoms with Crippen LogP contribution in [0.1, 0.15) is 24.0 Å². The monoisotopic (exact) mass is 320 g/mol. The van der Waals surface area contributed by atoms with E-state index in [-0.39, 0.29) is 5.91 Å². The van der Waals surface area contributed by atoms with Crippen molar-refractivity contribution in [1.29, 1.82) is 0 Å². The SMILES string of the molecule is Nc1ccc(/C=C/C(=O)N2CCC(Cc3ccccc3)CC2)cc1. The normalized spacial score (nSPS) is 15.8.